The Morgan fingerprint density at radius 1 is 1.44 bits per heavy atom. The van der Waals surface area contributed by atoms with E-state index in [4.69, 9.17) is 4.74 Å². The Morgan fingerprint density at radius 2 is 2.28 bits per heavy atom. The quantitative estimate of drug-likeness (QED) is 0.852. The highest BCUT2D eigenvalue weighted by atomic mass is 16.5. The number of hydrogen-bond donors (Lipinski definition) is 2. The lowest BCUT2D eigenvalue weighted by atomic mass is 10.1. The van der Waals surface area contributed by atoms with Crippen LogP contribution in [-0.2, 0) is 9.53 Å². The van der Waals surface area contributed by atoms with Crippen LogP contribution in [0.15, 0.2) is 24.3 Å². The summed E-state index contributed by atoms with van der Waals surface area (Å²) in [7, 11) is 0. The summed E-state index contributed by atoms with van der Waals surface area (Å²) in [4.78, 5) is 11.8. The van der Waals surface area contributed by atoms with Crippen molar-refractivity contribution >= 4 is 11.6 Å². The first-order chi connectivity index (χ1) is 8.75. The third-order valence-corrected chi connectivity index (χ3v) is 3.13. The zero-order valence-electron chi connectivity index (χ0n) is 10.7. The molecule has 1 amide bonds. The van der Waals surface area contributed by atoms with Crippen molar-refractivity contribution < 1.29 is 9.53 Å². The molecular weight excluding hydrogens is 228 g/mol. The number of anilines is 1. The number of hydrogen-bond acceptors (Lipinski definition) is 3. The molecule has 1 aliphatic rings. The van der Waals surface area contributed by atoms with Gasteiger partial charge < -0.3 is 15.4 Å². The molecule has 1 saturated heterocycles. The molecule has 1 unspecified atom stereocenters. The lowest BCUT2D eigenvalue weighted by molar-refractivity contribution is -0.115. The summed E-state index contributed by atoms with van der Waals surface area (Å²) in [6.45, 7) is 3.87. The molecule has 0 aliphatic carbocycles. The fourth-order valence-corrected chi connectivity index (χ4v) is 2.05. The normalized spacial score (nSPS) is 19.5. The van der Waals surface area contributed by atoms with E-state index in [0.29, 0.717) is 19.2 Å². The van der Waals surface area contributed by atoms with Crippen molar-refractivity contribution in [2.45, 2.75) is 25.8 Å². The van der Waals surface area contributed by atoms with Gasteiger partial charge in [-0.3, -0.25) is 4.79 Å². The van der Waals surface area contributed by atoms with Crippen LogP contribution >= 0.6 is 0 Å². The van der Waals surface area contributed by atoms with Gasteiger partial charge in [0.05, 0.1) is 13.2 Å². The number of rotatable bonds is 4. The van der Waals surface area contributed by atoms with Crippen molar-refractivity contribution in [2.75, 3.05) is 25.1 Å². The second-order valence-electron chi connectivity index (χ2n) is 4.66. The Labute approximate surface area is 108 Å². The molecule has 1 aromatic rings. The number of carbonyl (C=O) groups excluding carboxylic acids is 1. The lowest BCUT2D eigenvalue weighted by Crippen LogP contribution is -2.41. The van der Waals surface area contributed by atoms with Gasteiger partial charge in [0, 0.05) is 18.3 Å². The smallest absolute Gasteiger partial charge is 0.238 e. The molecule has 0 spiro atoms. The van der Waals surface area contributed by atoms with Crippen molar-refractivity contribution in [1.82, 2.24) is 5.32 Å². The minimum Gasteiger partial charge on any atom is -0.380 e. The first kappa shape index (κ1) is 13.1. The molecule has 1 aromatic carbocycles. The Morgan fingerprint density at radius 3 is 3.00 bits per heavy atom. The summed E-state index contributed by atoms with van der Waals surface area (Å²) in [5.41, 5.74) is 1.95. The Hall–Kier alpha value is -1.39. The van der Waals surface area contributed by atoms with Crippen molar-refractivity contribution in [3.63, 3.8) is 0 Å². The van der Waals surface area contributed by atoms with Gasteiger partial charge in [-0.15, -0.1) is 0 Å². The van der Waals surface area contributed by atoms with Gasteiger partial charge in [0.1, 0.15) is 0 Å². The third kappa shape index (κ3) is 3.82. The average molecular weight is 248 g/mol. The highest BCUT2D eigenvalue weighted by Crippen LogP contribution is 2.12. The maximum atomic E-state index is 11.8. The van der Waals surface area contributed by atoms with E-state index >= 15 is 0 Å². The van der Waals surface area contributed by atoms with Gasteiger partial charge in [0.2, 0.25) is 5.91 Å². The van der Waals surface area contributed by atoms with Crippen LogP contribution in [0.2, 0.25) is 0 Å². The molecule has 0 bridgehead atoms. The monoisotopic (exact) mass is 248 g/mol. The van der Waals surface area contributed by atoms with Crippen LogP contribution in [0.25, 0.3) is 0 Å². The number of aryl methyl sites for hydroxylation is 1. The first-order valence-corrected chi connectivity index (χ1v) is 6.42. The third-order valence-electron chi connectivity index (χ3n) is 3.13. The van der Waals surface area contributed by atoms with Crippen LogP contribution < -0.4 is 10.6 Å². The predicted molar refractivity (Wildman–Crippen MR) is 71.7 cm³/mol. The van der Waals surface area contributed by atoms with Crippen LogP contribution in [-0.4, -0.2) is 31.7 Å². The molecule has 2 rings (SSSR count). The van der Waals surface area contributed by atoms with Gasteiger partial charge >= 0.3 is 0 Å². The molecule has 4 heteroatoms. The molecule has 1 aliphatic heterocycles. The van der Waals surface area contributed by atoms with Gasteiger partial charge in [-0.25, -0.2) is 0 Å². The van der Waals surface area contributed by atoms with Gasteiger partial charge in [-0.05, 0) is 31.4 Å². The van der Waals surface area contributed by atoms with Crippen LogP contribution in [0, 0.1) is 6.92 Å². The van der Waals surface area contributed by atoms with Gasteiger partial charge in [-0.2, -0.15) is 0 Å². The molecule has 18 heavy (non-hydrogen) atoms. The molecule has 2 N–H and O–H groups in total. The molecule has 0 radical (unpaired) electrons. The van der Waals surface area contributed by atoms with Gasteiger partial charge in [-0.1, -0.05) is 18.2 Å². The van der Waals surface area contributed by atoms with Crippen molar-refractivity contribution in [1.29, 1.82) is 0 Å². The lowest BCUT2D eigenvalue weighted by Gasteiger charge is -2.23. The Balaban J connectivity index is 1.76. The standard InChI is InChI=1S/C14H20N2O2/c1-11-5-2-3-7-13(11)16-14(17)9-15-12-6-4-8-18-10-12/h2-3,5,7,12,15H,4,6,8-10H2,1H3,(H,16,17). The zero-order valence-corrected chi connectivity index (χ0v) is 10.7. The predicted octanol–water partition coefficient (Wildman–Crippen LogP) is 1.70. The number of ether oxygens (including phenoxy) is 1. The second kappa shape index (κ2) is 6.52. The number of benzene rings is 1. The summed E-state index contributed by atoms with van der Waals surface area (Å²) in [6, 6.07) is 8.09. The van der Waals surface area contributed by atoms with E-state index in [9.17, 15) is 4.79 Å². The molecular formula is C14H20N2O2. The number of para-hydroxylation sites is 1. The Kier molecular flexibility index (Phi) is 4.73. The minimum atomic E-state index is -0.00475. The molecule has 1 atom stereocenters. The molecule has 4 nitrogen and oxygen atoms in total. The van der Waals surface area contributed by atoms with Crippen molar-refractivity contribution in [3.8, 4) is 0 Å². The van der Waals surface area contributed by atoms with Crippen LogP contribution in [0.4, 0.5) is 5.69 Å². The summed E-state index contributed by atoms with van der Waals surface area (Å²) >= 11 is 0. The van der Waals surface area contributed by atoms with E-state index in [1.165, 1.54) is 0 Å². The molecule has 1 fully saturated rings. The van der Waals surface area contributed by atoms with Gasteiger partial charge in [0.15, 0.2) is 0 Å². The molecule has 0 aromatic heterocycles. The van der Waals surface area contributed by atoms with Crippen LogP contribution in [0.3, 0.4) is 0 Å². The van der Waals surface area contributed by atoms with E-state index in [-0.39, 0.29) is 5.91 Å². The fraction of sp³-hybridized carbons (Fsp3) is 0.500. The van der Waals surface area contributed by atoms with Crippen molar-refractivity contribution in [3.05, 3.63) is 29.8 Å². The number of nitrogens with one attached hydrogen (secondary N) is 2. The minimum absolute atomic E-state index is 0.00475. The fourth-order valence-electron chi connectivity index (χ4n) is 2.05. The van der Waals surface area contributed by atoms with Crippen molar-refractivity contribution in [2.24, 2.45) is 0 Å². The molecule has 1 heterocycles. The molecule has 0 saturated carbocycles. The number of carbonyl (C=O) groups is 1. The van der Waals surface area contributed by atoms with Gasteiger partial charge in [0.25, 0.3) is 0 Å². The van der Waals surface area contributed by atoms with E-state index in [1.54, 1.807) is 0 Å². The second-order valence-corrected chi connectivity index (χ2v) is 4.66. The van der Waals surface area contributed by atoms with E-state index in [0.717, 1.165) is 30.7 Å². The maximum Gasteiger partial charge on any atom is 0.238 e. The highest BCUT2D eigenvalue weighted by molar-refractivity contribution is 5.92. The summed E-state index contributed by atoms with van der Waals surface area (Å²) in [6.07, 6.45) is 2.15. The summed E-state index contributed by atoms with van der Waals surface area (Å²) in [5.74, 6) is -0.00475. The van der Waals surface area contributed by atoms with E-state index in [2.05, 4.69) is 10.6 Å². The molecule has 98 valence electrons. The van der Waals surface area contributed by atoms with Crippen LogP contribution in [0.5, 0.6) is 0 Å². The largest absolute Gasteiger partial charge is 0.380 e. The van der Waals surface area contributed by atoms with E-state index < -0.39 is 0 Å². The highest BCUT2D eigenvalue weighted by Gasteiger charge is 2.14. The topological polar surface area (TPSA) is 50.4 Å². The zero-order chi connectivity index (χ0) is 12.8. The summed E-state index contributed by atoms with van der Waals surface area (Å²) in [5, 5.41) is 6.13. The summed E-state index contributed by atoms with van der Waals surface area (Å²) < 4.78 is 5.36. The van der Waals surface area contributed by atoms with Crippen LogP contribution in [0.1, 0.15) is 18.4 Å². The number of amides is 1. The first-order valence-electron chi connectivity index (χ1n) is 6.42. The average Bonchev–Trinajstić information content (AvgIpc) is 2.40. The Bertz CT molecular complexity index is 401. The SMILES string of the molecule is Cc1ccccc1NC(=O)CNC1CCCOC1. The maximum absolute atomic E-state index is 11.8. The van der Waals surface area contributed by atoms with E-state index in [1.807, 2.05) is 31.2 Å².